The van der Waals surface area contributed by atoms with E-state index in [4.69, 9.17) is 21.1 Å². The highest BCUT2D eigenvalue weighted by atomic mass is 35.5. The lowest BCUT2D eigenvalue weighted by Gasteiger charge is -2.38. The van der Waals surface area contributed by atoms with Crippen LogP contribution < -0.4 is 14.4 Å². The molecule has 1 aliphatic rings. The van der Waals surface area contributed by atoms with E-state index in [0.29, 0.717) is 16.5 Å². The first-order chi connectivity index (χ1) is 19.0. The summed E-state index contributed by atoms with van der Waals surface area (Å²) in [6, 6.07) is 19.1. The number of anilines is 1. The predicted molar refractivity (Wildman–Crippen MR) is 160 cm³/mol. The fourth-order valence-electron chi connectivity index (χ4n) is 5.53. The Bertz CT molecular complexity index is 1350. The summed E-state index contributed by atoms with van der Waals surface area (Å²) in [4.78, 5) is 29.8. The fourth-order valence-corrected chi connectivity index (χ4v) is 5.66. The number of rotatable bonds is 9. The average Bonchev–Trinajstić information content (AvgIpc) is 2.92. The minimum absolute atomic E-state index is 0.0113. The van der Waals surface area contributed by atoms with Gasteiger partial charge in [-0.05, 0) is 92.8 Å². The Hall–Kier alpha value is -3.51. The van der Waals surface area contributed by atoms with Crippen LogP contribution in [0.1, 0.15) is 82.3 Å². The highest BCUT2D eigenvalue weighted by Gasteiger charge is 2.36. The number of benzene rings is 3. The Morgan fingerprint density at radius 1 is 1.02 bits per heavy atom. The zero-order chi connectivity index (χ0) is 29.1. The summed E-state index contributed by atoms with van der Waals surface area (Å²) in [5.74, 6) is 1.29. The van der Waals surface area contributed by atoms with Crippen LogP contribution in [0.4, 0.5) is 5.69 Å². The Morgan fingerprint density at radius 3 is 2.23 bits per heavy atom. The van der Waals surface area contributed by atoms with Gasteiger partial charge in [0.05, 0.1) is 31.7 Å². The zero-order valence-corrected chi connectivity index (χ0v) is 25.2. The molecule has 1 heterocycles. The molecule has 0 aromatic heterocycles. The molecule has 3 aromatic carbocycles. The van der Waals surface area contributed by atoms with Gasteiger partial charge in [-0.2, -0.15) is 0 Å². The minimum atomic E-state index is -0.383. The molecule has 0 spiro atoms. The van der Waals surface area contributed by atoms with Crippen molar-refractivity contribution < 1.29 is 19.1 Å². The standard InChI is InChI=1S/C33H39ClN2O4/c1-8-21(4)40-31-19-29-26(17-30(31)39-7)18-32(38)36(33(29)25-9-13-27(34)14-10-25)28-15-11-24(12-16-28)22(5)35(20(2)3)23(6)37/h9-17,19-22,33H,8,18H2,1-7H3. The molecule has 1 aliphatic heterocycles. The molecular weight excluding hydrogens is 524 g/mol. The fraction of sp³-hybridized carbons (Fsp3) is 0.394. The van der Waals surface area contributed by atoms with Gasteiger partial charge in [-0.15, -0.1) is 0 Å². The van der Waals surface area contributed by atoms with E-state index in [2.05, 4.69) is 6.92 Å². The normalized spacial score (nSPS) is 16.4. The molecule has 0 bridgehead atoms. The molecule has 3 aromatic rings. The third-order valence-corrected chi connectivity index (χ3v) is 7.92. The van der Waals surface area contributed by atoms with Crippen LogP contribution in [0, 0.1) is 0 Å². The quantitative estimate of drug-likeness (QED) is 0.270. The van der Waals surface area contributed by atoms with Gasteiger partial charge < -0.3 is 19.3 Å². The molecule has 4 rings (SSSR count). The Kier molecular flexibility index (Phi) is 9.09. The molecule has 3 unspecified atom stereocenters. The van der Waals surface area contributed by atoms with Gasteiger partial charge in [-0.25, -0.2) is 0 Å². The summed E-state index contributed by atoms with van der Waals surface area (Å²) in [5.41, 5.74) is 4.63. The molecule has 3 atom stereocenters. The largest absolute Gasteiger partial charge is 0.493 e. The summed E-state index contributed by atoms with van der Waals surface area (Å²) >= 11 is 6.24. The highest BCUT2D eigenvalue weighted by molar-refractivity contribution is 6.30. The first-order valence-corrected chi connectivity index (χ1v) is 14.3. The van der Waals surface area contributed by atoms with Gasteiger partial charge in [0.1, 0.15) is 0 Å². The van der Waals surface area contributed by atoms with Gasteiger partial charge in [0, 0.05) is 23.7 Å². The van der Waals surface area contributed by atoms with E-state index < -0.39 is 0 Å². The molecule has 0 saturated heterocycles. The van der Waals surface area contributed by atoms with Crippen molar-refractivity contribution in [2.45, 2.75) is 78.6 Å². The third kappa shape index (κ3) is 5.97. The van der Waals surface area contributed by atoms with E-state index >= 15 is 0 Å². The van der Waals surface area contributed by atoms with E-state index in [1.165, 1.54) is 0 Å². The topological polar surface area (TPSA) is 59.1 Å². The molecule has 2 amide bonds. The van der Waals surface area contributed by atoms with Gasteiger partial charge in [-0.1, -0.05) is 42.8 Å². The monoisotopic (exact) mass is 562 g/mol. The smallest absolute Gasteiger partial charge is 0.232 e. The van der Waals surface area contributed by atoms with Crippen LogP contribution in [0.3, 0.4) is 0 Å². The van der Waals surface area contributed by atoms with Crippen LogP contribution in [0.15, 0.2) is 60.7 Å². The molecule has 212 valence electrons. The summed E-state index contributed by atoms with van der Waals surface area (Å²) in [7, 11) is 1.62. The first-order valence-electron chi connectivity index (χ1n) is 13.9. The number of halogens is 1. The predicted octanol–water partition coefficient (Wildman–Crippen LogP) is 7.52. The second-order valence-electron chi connectivity index (χ2n) is 10.7. The maximum Gasteiger partial charge on any atom is 0.232 e. The van der Waals surface area contributed by atoms with Crippen molar-refractivity contribution in [3.05, 3.63) is 87.9 Å². The number of methoxy groups -OCH3 is 1. The van der Waals surface area contributed by atoms with E-state index in [1.807, 2.05) is 98.2 Å². The molecule has 6 nitrogen and oxygen atoms in total. The summed E-state index contributed by atoms with van der Waals surface area (Å²) in [6.07, 6.45) is 1.11. The zero-order valence-electron chi connectivity index (χ0n) is 24.4. The number of nitrogens with zero attached hydrogens (tertiary/aromatic N) is 2. The number of carbonyl (C=O) groups is 2. The van der Waals surface area contributed by atoms with Crippen LogP contribution in [-0.2, 0) is 16.0 Å². The van der Waals surface area contributed by atoms with Crippen molar-refractivity contribution in [2.75, 3.05) is 12.0 Å². The van der Waals surface area contributed by atoms with E-state index in [1.54, 1.807) is 14.0 Å². The van der Waals surface area contributed by atoms with Crippen molar-refractivity contribution in [1.29, 1.82) is 0 Å². The van der Waals surface area contributed by atoms with E-state index in [-0.39, 0.29) is 42.5 Å². The number of carbonyl (C=O) groups excluding carboxylic acids is 2. The van der Waals surface area contributed by atoms with Gasteiger partial charge >= 0.3 is 0 Å². The van der Waals surface area contributed by atoms with E-state index in [9.17, 15) is 9.59 Å². The maximum atomic E-state index is 13.8. The molecular formula is C33H39ClN2O4. The lowest BCUT2D eigenvalue weighted by atomic mass is 9.86. The van der Waals surface area contributed by atoms with Gasteiger partial charge in [-0.3, -0.25) is 9.59 Å². The van der Waals surface area contributed by atoms with Crippen molar-refractivity contribution >= 4 is 29.1 Å². The Labute approximate surface area is 242 Å². The first kappa shape index (κ1) is 29.5. The molecule has 0 radical (unpaired) electrons. The van der Waals surface area contributed by atoms with E-state index in [0.717, 1.165) is 34.4 Å². The van der Waals surface area contributed by atoms with Crippen LogP contribution in [0.5, 0.6) is 11.5 Å². The minimum Gasteiger partial charge on any atom is -0.493 e. The number of ether oxygens (including phenoxy) is 2. The second-order valence-corrected chi connectivity index (χ2v) is 11.2. The van der Waals surface area contributed by atoms with Crippen LogP contribution >= 0.6 is 11.6 Å². The molecule has 7 heteroatoms. The van der Waals surface area contributed by atoms with Crippen molar-refractivity contribution in [3.63, 3.8) is 0 Å². The lowest BCUT2D eigenvalue weighted by molar-refractivity contribution is -0.132. The number of amides is 2. The van der Waals surface area contributed by atoms with Crippen molar-refractivity contribution in [2.24, 2.45) is 0 Å². The van der Waals surface area contributed by atoms with Crippen molar-refractivity contribution in [3.8, 4) is 11.5 Å². The average molecular weight is 563 g/mol. The molecule has 0 saturated carbocycles. The molecule has 0 N–H and O–H groups in total. The van der Waals surface area contributed by atoms with Gasteiger partial charge in [0.2, 0.25) is 11.8 Å². The van der Waals surface area contributed by atoms with Gasteiger partial charge in [0.15, 0.2) is 11.5 Å². The highest BCUT2D eigenvalue weighted by Crippen LogP contribution is 2.44. The second kappa shape index (κ2) is 12.3. The van der Waals surface area contributed by atoms with Crippen LogP contribution in [0.2, 0.25) is 5.02 Å². The third-order valence-electron chi connectivity index (χ3n) is 7.67. The number of fused-ring (bicyclic) bond motifs is 1. The lowest BCUT2D eigenvalue weighted by Crippen LogP contribution is -2.41. The molecule has 0 aliphatic carbocycles. The van der Waals surface area contributed by atoms with Crippen LogP contribution in [-0.4, -0.2) is 36.0 Å². The SMILES string of the molecule is CCC(C)Oc1cc2c(cc1OC)CC(=O)N(c1ccc(C(C)N(C(C)=O)C(C)C)cc1)C2c1ccc(Cl)cc1. The van der Waals surface area contributed by atoms with Gasteiger partial charge in [0.25, 0.3) is 0 Å². The summed E-state index contributed by atoms with van der Waals surface area (Å²) in [5, 5.41) is 0.631. The maximum absolute atomic E-state index is 13.8. The molecule has 0 fully saturated rings. The molecule has 40 heavy (non-hydrogen) atoms. The Morgan fingerprint density at radius 2 is 1.68 bits per heavy atom. The summed E-state index contributed by atoms with van der Waals surface area (Å²) < 4.78 is 11.9. The number of hydrogen-bond donors (Lipinski definition) is 0. The Balaban J connectivity index is 1.81. The number of hydrogen-bond acceptors (Lipinski definition) is 4. The van der Waals surface area contributed by atoms with Crippen molar-refractivity contribution in [1.82, 2.24) is 4.90 Å². The summed E-state index contributed by atoms with van der Waals surface area (Å²) in [6.45, 7) is 11.8. The van der Waals surface area contributed by atoms with Crippen LogP contribution in [0.25, 0.3) is 0 Å².